The van der Waals surface area contributed by atoms with Crippen LogP contribution in [0.3, 0.4) is 0 Å². The summed E-state index contributed by atoms with van der Waals surface area (Å²) in [5.74, 6) is -0.393. The van der Waals surface area contributed by atoms with Gasteiger partial charge in [-0.1, -0.05) is 15.9 Å². The molecule has 5 nitrogen and oxygen atoms in total. The van der Waals surface area contributed by atoms with Crippen LogP contribution in [0.25, 0.3) is 0 Å². The molecule has 1 heterocycles. The second-order valence-electron chi connectivity index (χ2n) is 4.82. The van der Waals surface area contributed by atoms with E-state index in [2.05, 4.69) is 15.9 Å². The van der Waals surface area contributed by atoms with Crippen molar-refractivity contribution in [1.82, 2.24) is 4.90 Å². The lowest BCUT2D eigenvalue weighted by molar-refractivity contribution is -0.146. The molecule has 1 saturated heterocycles. The van der Waals surface area contributed by atoms with Crippen LogP contribution in [0.2, 0.25) is 0 Å². The number of nitrogens with zero attached hydrogens (tertiary/aromatic N) is 1. The van der Waals surface area contributed by atoms with Crippen LogP contribution in [-0.2, 0) is 9.53 Å². The second kappa shape index (κ2) is 6.26. The van der Waals surface area contributed by atoms with Crippen LogP contribution in [0.4, 0.5) is 5.69 Å². The van der Waals surface area contributed by atoms with Crippen LogP contribution >= 0.6 is 15.9 Å². The fourth-order valence-corrected chi connectivity index (χ4v) is 2.73. The number of piperidine rings is 1. The SMILES string of the molecule is COC(=O)C1CCN(C(=O)c2cc(Br)ccc2N)CC1. The quantitative estimate of drug-likeness (QED) is 0.660. The number of rotatable bonds is 2. The third kappa shape index (κ3) is 3.12. The van der Waals surface area contributed by atoms with E-state index in [0.717, 1.165) is 4.47 Å². The van der Waals surface area contributed by atoms with Gasteiger partial charge in [0.2, 0.25) is 0 Å². The minimum atomic E-state index is -0.195. The highest BCUT2D eigenvalue weighted by Gasteiger charge is 2.28. The Labute approximate surface area is 126 Å². The summed E-state index contributed by atoms with van der Waals surface area (Å²) >= 11 is 3.34. The standard InChI is InChI=1S/C14H17BrN2O3/c1-20-14(19)9-4-6-17(7-5-9)13(18)11-8-10(15)2-3-12(11)16/h2-3,8-9H,4-7,16H2,1H3. The molecule has 0 saturated carbocycles. The van der Waals surface area contributed by atoms with Gasteiger partial charge in [-0.25, -0.2) is 0 Å². The summed E-state index contributed by atoms with van der Waals surface area (Å²) in [4.78, 5) is 25.6. The maximum Gasteiger partial charge on any atom is 0.308 e. The van der Waals surface area contributed by atoms with E-state index in [1.54, 1.807) is 23.1 Å². The zero-order valence-corrected chi connectivity index (χ0v) is 12.9. The molecule has 1 aromatic rings. The molecule has 0 radical (unpaired) electrons. The van der Waals surface area contributed by atoms with Gasteiger partial charge in [-0.3, -0.25) is 9.59 Å². The summed E-state index contributed by atoms with van der Waals surface area (Å²) in [6.07, 6.45) is 1.26. The molecular formula is C14H17BrN2O3. The molecule has 1 aromatic carbocycles. The Balaban J connectivity index is 2.05. The third-order valence-electron chi connectivity index (χ3n) is 3.56. The number of hydrogen-bond acceptors (Lipinski definition) is 4. The molecule has 0 aliphatic carbocycles. The zero-order valence-electron chi connectivity index (χ0n) is 11.3. The molecule has 1 amide bonds. The van der Waals surface area contributed by atoms with Gasteiger partial charge in [-0.05, 0) is 31.0 Å². The molecule has 2 rings (SSSR count). The average molecular weight is 341 g/mol. The van der Waals surface area contributed by atoms with E-state index < -0.39 is 0 Å². The van der Waals surface area contributed by atoms with Gasteiger partial charge in [0.25, 0.3) is 5.91 Å². The molecule has 0 bridgehead atoms. The molecule has 0 atom stereocenters. The van der Waals surface area contributed by atoms with E-state index in [9.17, 15) is 9.59 Å². The molecule has 20 heavy (non-hydrogen) atoms. The number of likely N-dealkylation sites (tertiary alicyclic amines) is 1. The predicted octanol–water partition coefficient (Wildman–Crippen LogP) is 2.06. The maximum absolute atomic E-state index is 12.4. The van der Waals surface area contributed by atoms with Gasteiger partial charge < -0.3 is 15.4 Å². The number of methoxy groups -OCH3 is 1. The van der Waals surface area contributed by atoms with Crippen molar-refractivity contribution in [2.45, 2.75) is 12.8 Å². The van der Waals surface area contributed by atoms with Crippen molar-refractivity contribution >= 4 is 33.5 Å². The Bertz CT molecular complexity index is 525. The Hall–Kier alpha value is -1.56. The number of anilines is 1. The fourth-order valence-electron chi connectivity index (χ4n) is 2.37. The van der Waals surface area contributed by atoms with Gasteiger partial charge in [0, 0.05) is 23.2 Å². The van der Waals surface area contributed by atoms with Gasteiger partial charge in [0.15, 0.2) is 0 Å². The lowest BCUT2D eigenvalue weighted by atomic mass is 9.96. The van der Waals surface area contributed by atoms with Crippen LogP contribution in [0.15, 0.2) is 22.7 Å². The van der Waals surface area contributed by atoms with E-state index in [1.165, 1.54) is 7.11 Å². The molecule has 2 N–H and O–H groups in total. The number of amides is 1. The van der Waals surface area contributed by atoms with E-state index in [-0.39, 0.29) is 17.8 Å². The molecule has 0 aromatic heterocycles. The maximum atomic E-state index is 12.4. The Kier molecular flexibility index (Phi) is 4.65. The van der Waals surface area contributed by atoms with Gasteiger partial charge >= 0.3 is 5.97 Å². The zero-order chi connectivity index (χ0) is 14.7. The summed E-state index contributed by atoms with van der Waals surface area (Å²) in [5.41, 5.74) is 6.81. The lowest BCUT2D eigenvalue weighted by Gasteiger charge is -2.31. The van der Waals surface area contributed by atoms with Gasteiger partial charge in [0.05, 0.1) is 18.6 Å². The number of ether oxygens (including phenoxy) is 1. The van der Waals surface area contributed by atoms with E-state index in [4.69, 9.17) is 10.5 Å². The smallest absolute Gasteiger partial charge is 0.308 e. The van der Waals surface area contributed by atoms with Crippen molar-refractivity contribution in [3.8, 4) is 0 Å². The molecule has 1 fully saturated rings. The Morgan fingerprint density at radius 3 is 2.60 bits per heavy atom. The first-order chi connectivity index (χ1) is 9.52. The van der Waals surface area contributed by atoms with Gasteiger partial charge in [0.1, 0.15) is 0 Å². The highest BCUT2D eigenvalue weighted by atomic mass is 79.9. The number of nitrogens with two attached hydrogens (primary N) is 1. The highest BCUT2D eigenvalue weighted by molar-refractivity contribution is 9.10. The topological polar surface area (TPSA) is 72.6 Å². The number of esters is 1. The first-order valence-corrected chi connectivity index (χ1v) is 7.24. The summed E-state index contributed by atoms with van der Waals surface area (Å²) in [7, 11) is 1.39. The number of benzene rings is 1. The van der Waals surface area contributed by atoms with Crippen molar-refractivity contribution in [2.75, 3.05) is 25.9 Å². The van der Waals surface area contributed by atoms with Crippen LogP contribution in [-0.4, -0.2) is 37.0 Å². The van der Waals surface area contributed by atoms with Crippen molar-refractivity contribution in [1.29, 1.82) is 0 Å². The van der Waals surface area contributed by atoms with Crippen molar-refractivity contribution in [3.05, 3.63) is 28.2 Å². The first kappa shape index (κ1) is 14.8. The number of carbonyl (C=O) groups excluding carboxylic acids is 2. The van der Waals surface area contributed by atoms with E-state index in [0.29, 0.717) is 37.2 Å². The van der Waals surface area contributed by atoms with Gasteiger partial charge in [-0.15, -0.1) is 0 Å². The van der Waals surface area contributed by atoms with Crippen molar-refractivity contribution < 1.29 is 14.3 Å². The highest BCUT2D eigenvalue weighted by Crippen LogP contribution is 2.24. The number of halogens is 1. The molecule has 6 heteroatoms. The van der Waals surface area contributed by atoms with E-state index >= 15 is 0 Å². The number of nitrogen functional groups attached to an aromatic ring is 1. The van der Waals surface area contributed by atoms with Gasteiger partial charge in [-0.2, -0.15) is 0 Å². The third-order valence-corrected chi connectivity index (χ3v) is 4.06. The largest absolute Gasteiger partial charge is 0.469 e. The molecule has 1 aliphatic rings. The molecule has 108 valence electrons. The Morgan fingerprint density at radius 1 is 1.35 bits per heavy atom. The van der Waals surface area contributed by atoms with E-state index in [1.807, 2.05) is 0 Å². The van der Waals surface area contributed by atoms with Crippen molar-refractivity contribution in [2.24, 2.45) is 5.92 Å². The van der Waals surface area contributed by atoms with Crippen molar-refractivity contribution in [3.63, 3.8) is 0 Å². The lowest BCUT2D eigenvalue weighted by Crippen LogP contribution is -2.40. The summed E-state index contributed by atoms with van der Waals surface area (Å²) in [6.45, 7) is 1.09. The predicted molar refractivity (Wildman–Crippen MR) is 79.2 cm³/mol. The minimum Gasteiger partial charge on any atom is -0.469 e. The average Bonchev–Trinajstić information content (AvgIpc) is 2.48. The first-order valence-electron chi connectivity index (χ1n) is 6.45. The van der Waals surface area contributed by atoms with Crippen LogP contribution in [0.1, 0.15) is 23.2 Å². The fraction of sp³-hybridized carbons (Fsp3) is 0.429. The van der Waals surface area contributed by atoms with Crippen LogP contribution < -0.4 is 5.73 Å². The molecular weight excluding hydrogens is 324 g/mol. The number of hydrogen-bond donors (Lipinski definition) is 1. The normalized spacial score (nSPS) is 16.0. The van der Waals surface area contributed by atoms with Crippen LogP contribution in [0, 0.1) is 5.92 Å². The monoisotopic (exact) mass is 340 g/mol. The summed E-state index contributed by atoms with van der Waals surface area (Å²) in [6, 6.07) is 5.23. The summed E-state index contributed by atoms with van der Waals surface area (Å²) in [5, 5.41) is 0. The number of carbonyl (C=O) groups is 2. The Morgan fingerprint density at radius 2 is 2.00 bits per heavy atom. The molecule has 0 spiro atoms. The molecule has 1 aliphatic heterocycles. The minimum absolute atomic E-state index is 0.0906. The molecule has 0 unspecified atom stereocenters. The second-order valence-corrected chi connectivity index (χ2v) is 5.74. The van der Waals surface area contributed by atoms with Crippen LogP contribution in [0.5, 0.6) is 0 Å². The summed E-state index contributed by atoms with van der Waals surface area (Å²) < 4.78 is 5.56.